The molecule has 0 spiro atoms. The fraction of sp³-hybridized carbons (Fsp3) is 0.333. The zero-order valence-corrected chi connectivity index (χ0v) is 12.9. The SMILES string of the molecule is COCc1cc(C(C)N(C(=O)O)c2cccc(C(F)(F)F)c2)on1. The number of alkyl halides is 3. The van der Waals surface area contributed by atoms with Crippen LogP contribution < -0.4 is 4.90 Å². The monoisotopic (exact) mass is 344 g/mol. The highest BCUT2D eigenvalue weighted by Gasteiger charge is 2.32. The molecule has 0 saturated heterocycles. The summed E-state index contributed by atoms with van der Waals surface area (Å²) >= 11 is 0. The molecule has 0 bridgehead atoms. The smallest absolute Gasteiger partial charge is 0.416 e. The number of carboxylic acid groups (broad SMARTS) is 1. The highest BCUT2D eigenvalue weighted by atomic mass is 19.4. The number of rotatable bonds is 5. The van der Waals surface area contributed by atoms with E-state index in [9.17, 15) is 23.1 Å². The molecule has 0 aliphatic rings. The lowest BCUT2D eigenvalue weighted by Gasteiger charge is -2.25. The van der Waals surface area contributed by atoms with E-state index in [0.29, 0.717) is 5.69 Å². The van der Waals surface area contributed by atoms with Gasteiger partial charge in [0.25, 0.3) is 0 Å². The third kappa shape index (κ3) is 3.85. The molecule has 2 aromatic rings. The predicted octanol–water partition coefficient (Wildman–Crippen LogP) is 4.09. The summed E-state index contributed by atoms with van der Waals surface area (Å²) in [6.45, 7) is 1.67. The molecule has 0 aliphatic carbocycles. The number of ether oxygens (including phenoxy) is 1. The Morgan fingerprint density at radius 3 is 2.71 bits per heavy atom. The largest absolute Gasteiger partial charge is 0.465 e. The number of hydrogen-bond donors (Lipinski definition) is 1. The summed E-state index contributed by atoms with van der Waals surface area (Å²) in [6, 6.07) is 4.71. The Hall–Kier alpha value is -2.55. The summed E-state index contributed by atoms with van der Waals surface area (Å²) in [5.41, 5.74) is -0.598. The van der Waals surface area contributed by atoms with E-state index >= 15 is 0 Å². The van der Waals surface area contributed by atoms with Crippen molar-refractivity contribution in [2.75, 3.05) is 12.0 Å². The third-order valence-corrected chi connectivity index (χ3v) is 3.33. The van der Waals surface area contributed by atoms with Gasteiger partial charge in [-0.05, 0) is 25.1 Å². The van der Waals surface area contributed by atoms with Crippen LogP contribution in [0.25, 0.3) is 0 Å². The van der Waals surface area contributed by atoms with E-state index in [1.165, 1.54) is 26.2 Å². The standard InChI is InChI=1S/C15H15F3N2O4/c1-9(13-7-11(8-23-2)19-24-13)20(14(21)22)12-5-3-4-10(6-12)15(16,17)18/h3-7,9H,8H2,1-2H3,(H,21,22). The lowest BCUT2D eigenvalue weighted by atomic mass is 10.1. The Bertz CT molecular complexity index is 715. The zero-order valence-electron chi connectivity index (χ0n) is 12.9. The molecule has 24 heavy (non-hydrogen) atoms. The molecule has 130 valence electrons. The van der Waals surface area contributed by atoms with Crippen LogP contribution in [-0.4, -0.2) is 23.5 Å². The Morgan fingerprint density at radius 2 is 2.12 bits per heavy atom. The number of nitrogens with zero attached hydrogens (tertiary/aromatic N) is 2. The number of carbonyl (C=O) groups is 1. The Labute approximate surface area is 135 Å². The van der Waals surface area contributed by atoms with Crippen molar-refractivity contribution < 1.29 is 32.3 Å². The van der Waals surface area contributed by atoms with Gasteiger partial charge in [-0.1, -0.05) is 11.2 Å². The van der Waals surface area contributed by atoms with Crippen LogP contribution in [-0.2, 0) is 17.5 Å². The molecule has 1 atom stereocenters. The van der Waals surface area contributed by atoms with E-state index in [1.807, 2.05) is 0 Å². The molecule has 0 radical (unpaired) electrons. The second-order valence-electron chi connectivity index (χ2n) is 5.03. The lowest BCUT2D eigenvalue weighted by molar-refractivity contribution is -0.137. The minimum absolute atomic E-state index is 0.116. The van der Waals surface area contributed by atoms with E-state index in [0.717, 1.165) is 23.1 Å². The molecule has 0 fully saturated rings. The van der Waals surface area contributed by atoms with Crippen LogP contribution in [0.15, 0.2) is 34.9 Å². The summed E-state index contributed by atoms with van der Waals surface area (Å²) in [4.78, 5) is 12.4. The average molecular weight is 344 g/mol. The van der Waals surface area contributed by atoms with Crippen molar-refractivity contribution in [2.45, 2.75) is 25.7 Å². The van der Waals surface area contributed by atoms with Gasteiger partial charge in [-0.15, -0.1) is 0 Å². The van der Waals surface area contributed by atoms with Crippen molar-refractivity contribution in [3.63, 3.8) is 0 Å². The van der Waals surface area contributed by atoms with Crippen molar-refractivity contribution in [1.82, 2.24) is 5.16 Å². The van der Waals surface area contributed by atoms with Crippen molar-refractivity contribution in [3.05, 3.63) is 47.3 Å². The predicted molar refractivity (Wildman–Crippen MR) is 77.6 cm³/mol. The minimum atomic E-state index is -4.57. The molecular weight excluding hydrogens is 329 g/mol. The summed E-state index contributed by atoms with van der Waals surface area (Å²) < 4.78 is 48.5. The first-order chi connectivity index (χ1) is 11.2. The van der Waals surface area contributed by atoms with Gasteiger partial charge >= 0.3 is 12.3 Å². The zero-order chi connectivity index (χ0) is 17.9. The van der Waals surface area contributed by atoms with E-state index in [2.05, 4.69) is 5.16 Å². The molecule has 9 heteroatoms. The second-order valence-corrected chi connectivity index (χ2v) is 5.03. The van der Waals surface area contributed by atoms with Gasteiger partial charge in [-0.2, -0.15) is 13.2 Å². The number of anilines is 1. The molecule has 1 aromatic heterocycles. The molecule has 1 amide bonds. The van der Waals surface area contributed by atoms with Crippen LogP contribution in [0.1, 0.15) is 30.0 Å². The normalized spacial score (nSPS) is 12.9. The molecule has 2 rings (SSSR count). The Morgan fingerprint density at radius 1 is 1.42 bits per heavy atom. The van der Waals surface area contributed by atoms with Crippen molar-refractivity contribution in [2.24, 2.45) is 0 Å². The first-order valence-corrected chi connectivity index (χ1v) is 6.88. The van der Waals surface area contributed by atoms with E-state index in [-0.39, 0.29) is 18.1 Å². The van der Waals surface area contributed by atoms with E-state index in [1.54, 1.807) is 0 Å². The number of aromatic nitrogens is 1. The van der Waals surface area contributed by atoms with Gasteiger partial charge in [0, 0.05) is 18.9 Å². The van der Waals surface area contributed by atoms with Gasteiger partial charge in [-0.3, -0.25) is 4.90 Å². The maximum absolute atomic E-state index is 12.8. The van der Waals surface area contributed by atoms with E-state index < -0.39 is 23.9 Å². The van der Waals surface area contributed by atoms with Crippen LogP contribution in [0.4, 0.5) is 23.7 Å². The summed E-state index contributed by atoms with van der Waals surface area (Å²) in [7, 11) is 1.46. The number of halogens is 3. The Balaban J connectivity index is 2.36. The number of hydrogen-bond acceptors (Lipinski definition) is 4. The molecule has 1 N–H and O–H groups in total. The van der Waals surface area contributed by atoms with E-state index in [4.69, 9.17) is 9.26 Å². The fourth-order valence-corrected chi connectivity index (χ4v) is 2.20. The minimum Gasteiger partial charge on any atom is -0.465 e. The van der Waals surface area contributed by atoms with Crippen LogP contribution in [0.3, 0.4) is 0 Å². The molecule has 1 heterocycles. The van der Waals surface area contributed by atoms with Gasteiger partial charge in [0.15, 0.2) is 5.76 Å². The third-order valence-electron chi connectivity index (χ3n) is 3.33. The van der Waals surface area contributed by atoms with Crippen LogP contribution in [0, 0.1) is 0 Å². The average Bonchev–Trinajstić information content (AvgIpc) is 2.95. The highest BCUT2D eigenvalue weighted by Crippen LogP contribution is 2.34. The molecular formula is C15H15F3N2O4. The van der Waals surface area contributed by atoms with Crippen LogP contribution in [0.5, 0.6) is 0 Å². The van der Waals surface area contributed by atoms with Gasteiger partial charge in [-0.25, -0.2) is 4.79 Å². The lowest BCUT2D eigenvalue weighted by Crippen LogP contribution is -2.32. The van der Waals surface area contributed by atoms with Crippen LogP contribution in [0.2, 0.25) is 0 Å². The van der Waals surface area contributed by atoms with Crippen LogP contribution >= 0.6 is 0 Å². The number of methoxy groups -OCH3 is 1. The maximum Gasteiger partial charge on any atom is 0.416 e. The molecule has 1 unspecified atom stereocenters. The number of amides is 1. The molecule has 6 nitrogen and oxygen atoms in total. The molecule has 0 saturated carbocycles. The topological polar surface area (TPSA) is 75.8 Å². The number of benzene rings is 1. The van der Waals surface area contributed by atoms with Crippen molar-refractivity contribution in [1.29, 1.82) is 0 Å². The quantitative estimate of drug-likeness (QED) is 0.884. The fourth-order valence-electron chi connectivity index (χ4n) is 2.20. The van der Waals surface area contributed by atoms with Crippen molar-refractivity contribution >= 4 is 11.8 Å². The summed E-state index contributed by atoms with van der Waals surface area (Å²) in [5.74, 6) is 0.196. The van der Waals surface area contributed by atoms with Gasteiger partial charge < -0.3 is 14.4 Å². The molecule has 1 aromatic carbocycles. The maximum atomic E-state index is 12.8. The first-order valence-electron chi connectivity index (χ1n) is 6.88. The highest BCUT2D eigenvalue weighted by molar-refractivity contribution is 5.87. The van der Waals surface area contributed by atoms with Gasteiger partial charge in [0.05, 0.1) is 18.2 Å². The summed E-state index contributed by atoms with van der Waals surface area (Å²) in [5, 5.41) is 13.1. The first kappa shape index (κ1) is 17.8. The Kier molecular flexibility index (Phi) is 5.13. The second kappa shape index (κ2) is 6.91. The van der Waals surface area contributed by atoms with Gasteiger partial charge in [0.2, 0.25) is 0 Å². The molecule has 0 aliphatic heterocycles. The van der Waals surface area contributed by atoms with Gasteiger partial charge in [0.1, 0.15) is 5.69 Å². The summed E-state index contributed by atoms with van der Waals surface area (Å²) in [6.07, 6.45) is -5.98. The van der Waals surface area contributed by atoms with Crippen molar-refractivity contribution in [3.8, 4) is 0 Å².